The first-order chi connectivity index (χ1) is 8.43. The lowest BCUT2D eigenvalue weighted by molar-refractivity contribution is -0.121. The van der Waals surface area contributed by atoms with Crippen LogP contribution in [-0.2, 0) is 14.8 Å². The van der Waals surface area contributed by atoms with E-state index in [4.69, 9.17) is 17.3 Å². The summed E-state index contributed by atoms with van der Waals surface area (Å²) in [5.41, 5.74) is 5.21. The van der Waals surface area contributed by atoms with Gasteiger partial charge in [0.05, 0.1) is 0 Å². The van der Waals surface area contributed by atoms with Gasteiger partial charge in [0.15, 0.2) is 0 Å². The summed E-state index contributed by atoms with van der Waals surface area (Å²) in [6.07, 6.45) is 2.25. The van der Waals surface area contributed by atoms with Crippen LogP contribution in [0.5, 0.6) is 0 Å². The zero-order valence-corrected chi connectivity index (χ0v) is 11.0. The SMILES string of the molecule is C.NC(=O)[C@@H]1CCCN1S(=O)(=O)c1ccc(Cl)nc1. The standard InChI is InChI=1S/C10H12ClN3O3S.CH4/c11-9-4-3-7(6-13-9)18(16,17)14-5-1-2-8(14)10(12)15;/h3-4,6,8H,1-2,5H2,(H2,12,15);1H4/t8-;/m0./s1. The molecule has 0 bridgehead atoms. The Morgan fingerprint density at radius 1 is 1.47 bits per heavy atom. The first-order valence-corrected chi connectivity index (χ1v) is 7.17. The first-order valence-electron chi connectivity index (χ1n) is 5.35. The summed E-state index contributed by atoms with van der Waals surface area (Å²) in [6, 6.07) is 1.98. The number of sulfonamides is 1. The van der Waals surface area contributed by atoms with Gasteiger partial charge < -0.3 is 5.73 Å². The molecule has 0 unspecified atom stereocenters. The van der Waals surface area contributed by atoms with Gasteiger partial charge in [-0.1, -0.05) is 19.0 Å². The summed E-state index contributed by atoms with van der Waals surface area (Å²) in [7, 11) is -3.74. The van der Waals surface area contributed by atoms with E-state index in [-0.39, 0.29) is 17.5 Å². The second-order valence-electron chi connectivity index (χ2n) is 3.99. The molecule has 1 amide bonds. The average Bonchev–Trinajstić information content (AvgIpc) is 2.79. The lowest BCUT2D eigenvalue weighted by Crippen LogP contribution is -2.43. The fourth-order valence-electron chi connectivity index (χ4n) is 1.96. The number of halogens is 1. The van der Waals surface area contributed by atoms with E-state index in [0.29, 0.717) is 19.4 Å². The minimum absolute atomic E-state index is 0. The molecule has 0 radical (unpaired) electrons. The number of rotatable bonds is 3. The number of nitrogens with zero attached hydrogens (tertiary/aromatic N) is 2. The minimum Gasteiger partial charge on any atom is -0.368 e. The number of carbonyl (C=O) groups is 1. The number of hydrogen-bond donors (Lipinski definition) is 1. The van der Waals surface area contributed by atoms with Gasteiger partial charge in [-0.2, -0.15) is 4.31 Å². The molecule has 1 fully saturated rings. The molecular weight excluding hydrogens is 290 g/mol. The smallest absolute Gasteiger partial charge is 0.245 e. The minimum atomic E-state index is -3.74. The van der Waals surface area contributed by atoms with Crippen molar-refractivity contribution in [3.63, 3.8) is 0 Å². The van der Waals surface area contributed by atoms with Crippen molar-refractivity contribution >= 4 is 27.5 Å². The maximum Gasteiger partial charge on any atom is 0.245 e. The van der Waals surface area contributed by atoms with E-state index >= 15 is 0 Å². The van der Waals surface area contributed by atoms with Crippen LogP contribution in [0.4, 0.5) is 0 Å². The normalized spacial score (nSPS) is 19.9. The molecule has 1 aromatic heterocycles. The van der Waals surface area contributed by atoms with Gasteiger partial charge in [0.1, 0.15) is 16.1 Å². The fraction of sp³-hybridized carbons (Fsp3) is 0.455. The Balaban J connectivity index is 0.00000180. The summed E-state index contributed by atoms with van der Waals surface area (Å²) in [6.45, 7) is 0.290. The van der Waals surface area contributed by atoms with Gasteiger partial charge in [-0.25, -0.2) is 13.4 Å². The molecule has 2 rings (SSSR count). The topological polar surface area (TPSA) is 93.4 Å². The molecule has 1 atom stereocenters. The van der Waals surface area contributed by atoms with Crippen LogP contribution < -0.4 is 5.73 Å². The molecule has 0 aliphatic carbocycles. The largest absolute Gasteiger partial charge is 0.368 e. The molecule has 1 aliphatic heterocycles. The van der Waals surface area contributed by atoms with Crippen molar-refractivity contribution in [1.82, 2.24) is 9.29 Å². The summed E-state index contributed by atoms with van der Waals surface area (Å²) >= 11 is 5.61. The second-order valence-corrected chi connectivity index (χ2v) is 6.27. The third-order valence-electron chi connectivity index (χ3n) is 2.84. The van der Waals surface area contributed by atoms with E-state index in [0.717, 1.165) is 4.31 Å². The van der Waals surface area contributed by atoms with Gasteiger partial charge >= 0.3 is 0 Å². The van der Waals surface area contributed by atoms with Crippen molar-refractivity contribution in [1.29, 1.82) is 0 Å². The summed E-state index contributed by atoms with van der Waals surface area (Å²) in [4.78, 5) is 15.0. The highest BCUT2D eigenvalue weighted by atomic mass is 35.5. The third-order valence-corrected chi connectivity index (χ3v) is 4.95. The zero-order chi connectivity index (χ0) is 13.3. The Kier molecular flexibility index (Phi) is 4.89. The van der Waals surface area contributed by atoms with Gasteiger partial charge in [0, 0.05) is 12.7 Å². The number of aromatic nitrogens is 1. The Morgan fingerprint density at radius 3 is 2.68 bits per heavy atom. The molecule has 0 spiro atoms. The predicted molar refractivity (Wildman–Crippen MR) is 72.1 cm³/mol. The van der Waals surface area contributed by atoms with Crippen molar-refractivity contribution in [3.8, 4) is 0 Å². The number of hydrogen-bond acceptors (Lipinski definition) is 4. The van der Waals surface area contributed by atoms with E-state index in [1.807, 2.05) is 0 Å². The van der Waals surface area contributed by atoms with E-state index in [2.05, 4.69) is 4.98 Å². The molecule has 1 aliphatic rings. The average molecular weight is 306 g/mol. The highest BCUT2D eigenvalue weighted by molar-refractivity contribution is 7.89. The molecule has 1 aromatic rings. The summed E-state index contributed by atoms with van der Waals surface area (Å²) < 4.78 is 25.7. The van der Waals surface area contributed by atoms with Crippen molar-refractivity contribution in [2.45, 2.75) is 31.2 Å². The lowest BCUT2D eigenvalue weighted by atomic mass is 10.2. The number of carbonyl (C=O) groups excluding carboxylic acids is 1. The zero-order valence-electron chi connectivity index (χ0n) is 9.41. The quantitative estimate of drug-likeness (QED) is 0.843. The first kappa shape index (κ1) is 15.9. The van der Waals surface area contributed by atoms with Gasteiger partial charge in [0.2, 0.25) is 15.9 Å². The van der Waals surface area contributed by atoms with Crippen LogP contribution in [0.1, 0.15) is 20.3 Å². The highest BCUT2D eigenvalue weighted by Crippen LogP contribution is 2.25. The Hall–Kier alpha value is -1.18. The van der Waals surface area contributed by atoms with Crippen molar-refractivity contribution < 1.29 is 13.2 Å². The van der Waals surface area contributed by atoms with Crippen molar-refractivity contribution in [3.05, 3.63) is 23.5 Å². The number of pyridine rings is 1. The van der Waals surface area contributed by atoms with Gasteiger partial charge in [-0.05, 0) is 25.0 Å². The van der Waals surface area contributed by atoms with E-state index in [9.17, 15) is 13.2 Å². The van der Waals surface area contributed by atoms with Crippen LogP contribution in [0.3, 0.4) is 0 Å². The molecule has 2 heterocycles. The molecule has 2 N–H and O–H groups in total. The monoisotopic (exact) mass is 305 g/mol. The maximum absolute atomic E-state index is 12.3. The molecule has 106 valence electrons. The van der Waals surface area contributed by atoms with Crippen molar-refractivity contribution in [2.75, 3.05) is 6.54 Å². The molecule has 1 saturated heterocycles. The molecule has 0 aromatic carbocycles. The predicted octanol–water partition coefficient (Wildman–Crippen LogP) is 1.01. The lowest BCUT2D eigenvalue weighted by Gasteiger charge is -2.21. The van der Waals surface area contributed by atoms with Crippen LogP contribution >= 0.6 is 11.6 Å². The molecule has 0 saturated carbocycles. The molecular formula is C11H16ClN3O3S. The highest BCUT2D eigenvalue weighted by Gasteiger charge is 2.38. The van der Waals surface area contributed by atoms with E-state index in [1.54, 1.807) is 0 Å². The Labute approximate surface area is 117 Å². The maximum atomic E-state index is 12.3. The van der Waals surface area contributed by atoms with Crippen LogP contribution in [0.15, 0.2) is 23.2 Å². The van der Waals surface area contributed by atoms with Crippen LogP contribution in [0.2, 0.25) is 5.15 Å². The van der Waals surface area contributed by atoms with E-state index in [1.165, 1.54) is 18.3 Å². The molecule has 8 heteroatoms. The van der Waals surface area contributed by atoms with Gasteiger partial charge in [-0.15, -0.1) is 0 Å². The van der Waals surface area contributed by atoms with Crippen LogP contribution in [0, 0.1) is 0 Å². The van der Waals surface area contributed by atoms with Gasteiger partial charge in [-0.3, -0.25) is 4.79 Å². The molecule has 19 heavy (non-hydrogen) atoms. The van der Waals surface area contributed by atoms with E-state index < -0.39 is 22.0 Å². The number of primary amides is 1. The number of nitrogens with two attached hydrogens (primary N) is 1. The Bertz CT molecular complexity index is 559. The van der Waals surface area contributed by atoms with Gasteiger partial charge in [0.25, 0.3) is 0 Å². The molecule has 6 nitrogen and oxygen atoms in total. The second kappa shape index (κ2) is 5.85. The summed E-state index contributed by atoms with van der Waals surface area (Å²) in [5.74, 6) is -0.627. The number of amides is 1. The van der Waals surface area contributed by atoms with Crippen LogP contribution in [0.25, 0.3) is 0 Å². The third kappa shape index (κ3) is 3.05. The summed E-state index contributed by atoms with van der Waals surface area (Å²) in [5, 5.41) is 0.210. The fourth-order valence-corrected chi connectivity index (χ4v) is 3.68. The van der Waals surface area contributed by atoms with Crippen LogP contribution in [-0.4, -0.2) is 36.2 Å². The Morgan fingerprint density at radius 2 is 2.16 bits per heavy atom. The van der Waals surface area contributed by atoms with Crippen molar-refractivity contribution in [2.24, 2.45) is 5.73 Å².